The van der Waals surface area contributed by atoms with Gasteiger partial charge in [0.2, 0.25) is 9.84 Å². The maximum atomic E-state index is 14.1. The molecule has 0 aliphatic heterocycles. The van der Waals surface area contributed by atoms with E-state index in [4.69, 9.17) is 5.73 Å². The van der Waals surface area contributed by atoms with Crippen molar-refractivity contribution in [1.29, 1.82) is 0 Å². The number of carboxylic acids is 1. The van der Waals surface area contributed by atoms with E-state index < -0.39 is 21.8 Å². The summed E-state index contributed by atoms with van der Waals surface area (Å²) in [7, 11) is -4.18. The van der Waals surface area contributed by atoms with Crippen molar-refractivity contribution in [3.05, 3.63) is 108 Å². The first-order valence-corrected chi connectivity index (χ1v) is 13.4. The molecule has 0 unspecified atom stereocenters. The third-order valence-electron chi connectivity index (χ3n) is 5.96. The van der Waals surface area contributed by atoms with Gasteiger partial charge in [0.15, 0.2) is 0 Å². The highest BCUT2D eigenvalue weighted by Gasteiger charge is 2.27. The van der Waals surface area contributed by atoms with E-state index in [0.717, 1.165) is 5.56 Å². The third kappa shape index (κ3) is 6.01. The Bertz CT molecular complexity index is 1570. The Balaban J connectivity index is 1.74. The molecule has 0 spiro atoms. The van der Waals surface area contributed by atoms with Gasteiger partial charge in [0.05, 0.1) is 15.5 Å². The number of carbonyl (C=O) groups is 2. The number of nitrogen functional groups attached to an aromatic ring is 1. The van der Waals surface area contributed by atoms with Crippen LogP contribution in [0, 0.1) is 0 Å². The fourth-order valence-electron chi connectivity index (χ4n) is 4.15. The molecule has 0 heterocycles. The number of nitrogens with one attached hydrogen (secondary N) is 2. The van der Waals surface area contributed by atoms with Crippen LogP contribution in [0.1, 0.15) is 17.5 Å². The van der Waals surface area contributed by atoms with Gasteiger partial charge >= 0.3 is 12.0 Å². The molecule has 0 saturated heterocycles. The Kier molecular flexibility index (Phi) is 8.08. The van der Waals surface area contributed by atoms with Crippen molar-refractivity contribution < 1.29 is 23.1 Å². The van der Waals surface area contributed by atoms with E-state index in [-0.39, 0.29) is 34.9 Å². The number of carboxylic acid groups (broad SMARTS) is 1. The SMILES string of the molecule is Nc1ccccc1-c1c(CCC(=O)O)cccc1S(=O)(=O)c1ccccc1NC(=O)NCc1ccccc1. The lowest BCUT2D eigenvalue weighted by Gasteiger charge is -2.18. The lowest BCUT2D eigenvalue weighted by molar-refractivity contribution is -0.136. The normalized spacial score (nSPS) is 11.1. The summed E-state index contributed by atoms with van der Waals surface area (Å²) >= 11 is 0. The number of anilines is 2. The number of sulfone groups is 1. The number of aryl methyl sites for hydroxylation is 1. The molecule has 4 aromatic carbocycles. The van der Waals surface area contributed by atoms with Crippen molar-refractivity contribution >= 4 is 33.2 Å². The second-order valence-corrected chi connectivity index (χ2v) is 10.5. The molecule has 0 fully saturated rings. The quantitative estimate of drug-likeness (QED) is 0.222. The predicted octanol–water partition coefficient (Wildman–Crippen LogP) is 5.11. The third-order valence-corrected chi connectivity index (χ3v) is 7.82. The van der Waals surface area contributed by atoms with Crippen LogP contribution in [0.2, 0.25) is 0 Å². The summed E-state index contributed by atoms with van der Waals surface area (Å²) in [6.45, 7) is 0.268. The smallest absolute Gasteiger partial charge is 0.319 e. The number of carbonyl (C=O) groups excluding carboxylic acids is 1. The largest absolute Gasteiger partial charge is 0.481 e. The minimum Gasteiger partial charge on any atom is -0.481 e. The van der Waals surface area contributed by atoms with Crippen molar-refractivity contribution in [2.24, 2.45) is 0 Å². The number of nitrogens with two attached hydrogens (primary N) is 1. The maximum absolute atomic E-state index is 14.1. The summed E-state index contributed by atoms with van der Waals surface area (Å²) in [5, 5.41) is 14.6. The topological polar surface area (TPSA) is 139 Å². The van der Waals surface area contributed by atoms with E-state index >= 15 is 0 Å². The molecular formula is C29H27N3O5S. The van der Waals surface area contributed by atoms with Crippen LogP contribution in [-0.4, -0.2) is 25.5 Å². The summed E-state index contributed by atoms with van der Waals surface area (Å²) in [5.74, 6) is -0.999. The van der Waals surface area contributed by atoms with E-state index in [1.807, 2.05) is 30.3 Å². The highest BCUT2D eigenvalue weighted by atomic mass is 32.2. The first-order chi connectivity index (χ1) is 18.3. The highest BCUT2D eigenvalue weighted by Crippen LogP contribution is 2.39. The van der Waals surface area contributed by atoms with Gasteiger partial charge in [0.25, 0.3) is 0 Å². The monoisotopic (exact) mass is 529 g/mol. The second-order valence-electron chi connectivity index (χ2n) is 8.56. The highest BCUT2D eigenvalue weighted by molar-refractivity contribution is 7.91. The van der Waals surface area contributed by atoms with Gasteiger partial charge in [0, 0.05) is 29.8 Å². The van der Waals surface area contributed by atoms with Gasteiger partial charge < -0.3 is 21.5 Å². The predicted molar refractivity (Wildman–Crippen MR) is 146 cm³/mol. The number of rotatable bonds is 9. The van der Waals surface area contributed by atoms with Crippen LogP contribution in [0.15, 0.2) is 107 Å². The van der Waals surface area contributed by atoms with Crippen molar-refractivity contribution in [1.82, 2.24) is 5.32 Å². The molecule has 4 aromatic rings. The molecule has 0 aromatic heterocycles. The average Bonchev–Trinajstić information content (AvgIpc) is 2.91. The summed E-state index contributed by atoms with van der Waals surface area (Å²) in [4.78, 5) is 23.8. The number of aliphatic carboxylic acids is 1. The Morgan fingerprint density at radius 3 is 2.18 bits per heavy atom. The second kappa shape index (κ2) is 11.6. The van der Waals surface area contributed by atoms with Gasteiger partial charge in [-0.3, -0.25) is 4.79 Å². The molecule has 4 rings (SSSR count). The molecular weight excluding hydrogens is 502 g/mol. The van der Waals surface area contributed by atoms with Gasteiger partial charge in [-0.05, 0) is 41.8 Å². The maximum Gasteiger partial charge on any atom is 0.319 e. The van der Waals surface area contributed by atoms with E-state index in [0.29, 0.717) is 22.4 Å². The zero-order valence-corrected chi connectivity index (χ0v) is 21.2. The fourth-order valence-corrected chi connectivity index (χ4v) is 5.82. The standard InChI is InChI=1S/C29H27N3O5S/c30-23-13-5-4-12-22(23)28-21(17-18-27(33)34)11-8-16-26(28)38(36,37)25-15-7-6-14-24(25)32-29(35)31-19-20-9-2-1-3-10-20/h1-16H,17-19,30H2,(H,33,34)(H2,31,32,35). The summed E-state index contributed by atoms with van der Waals surface area (Å²) in [5.41, 5.74) is 8.96. The molecule has 5 N–H and O–H groups in total. The molecule has 0 bridgehead atoms. The van der Waals surface area contributed by atoms with Crippen LogP contribution in [0.5, 0.6) is 0 Å². The molecule has 8 nitrogen and oxygen atoms in total. The van der Waals surface area contributed by atoms with Crippen LogP contribution in [0.25, 0.3) is 11.1 Å². The number of benzene rings is 4. The van der Waals surface area contributed by atoms with Gasteiger partial charge in [0.1, 0.15) is 0 Å². The summed E-state index contributed by atoms with van der Waals surface area (Å²) in [6, 6.07) is 26.5. The van der Waals surface area contributed by atoms with Crippen molar-refractivity contribution in [3.8, 4) is 11.1 Å². The minimum atomic E-state index is -4.18. The molecule has 0 aliphatic rings. The van der Waals surface area contributed by atoms with Crippen LogP contribution in [0.3, 0.4) is 0 Å². The first-order valence-electron chi connectivity index (χ1n) is 11.9. The van der Waals surface area contributed by atoms with E-state index in [2.05, 4.69) is 10.6 Å². The number of urea groups is 1. The van der Waals surface area contributed by atoms with Crippen LogP contribution < -0.4 is 16.4 Å². The minimum absolute atomic E-state index is 0.0303. The molecule has 0 saturated carbocycles. The molecule has 194 valence electrons. The van der Waals surface area contributed by atoms with E-state index in [1.165, 1.54) is 18.2 Å². The number of amides is 2. The van der Waals surface area contributed by atoms with Crippen molar-refractivity contribution in [3.63, 3.8) is 0 Å². The van der Waals surface area contributed by atoms with Gasteiger partial charge in [-0.1, -0.05) is 72.8 Å². The van der Waals surface area contributed by atoms with Gasteiger partial charge in [-0.25, -0.2) is 13.2 Å². The van der Waals surface area contributed by atoms with Crippen LogP contribution in [-0.2, 0) is 27.6 Å². The molecule has 0 radical (unpaired) electrons. The molecule has 2 amide bonds. The van der Waals surface area contributed by atoms with E-state index in [1.54, 1.807) is 48.5 Å². The molecule has 0 aliphatic carbocycles. The average molecular weight is 530 g/mol. The molecule has 9 heteroatoms. The number of hydrogen-bond acceptors (Lipinski definition) is 5. The van der Waals surface area contributed by atoms with Gasteiger partial charge in [-0.2, -0.15) is 0 Å². The zero-order chi connectivity index (χ0) is 27.1. The fraction of sp³-hybridized carbons (Fsp3) is 0.103. The van der Waals surface area contributed by atoms with Crippen LogP contribution in [0.4, 0.5) is 16.2 Å². The zero-order valence-electron chi connectivity index (χ0n) is 20.4. The van der Waals surface area contributed by atoms with Crippen molar-refractivity contribution in [2.45, 2.75) is 29.2 Å². The number of para-hydroxylation sites is 2. The summed E-state index contributed by atoms with van der Waals surface area (Å²) in [6.07, 6.45) is -0.0624. The summed E-state index contributed by atoms with van der Waals surface area (Å²) < 4.78 is 28.2. The van der Waals surface area contributed by atoms with Gasteiger partial charge in [-0.15, -0.1) is 0 Å². The first kappa shape index (κ1) is 26.4. The Hall–Kier alpha value is -4.63. The number of hydrogen-bond donors (Lipinski definition) is 4. The lowest BCUT2D eigenvalue weighted by atomic mass is 9.95. The Morgan fingerprint density at radius 1 is 0.789 bits per heavy atom. The van der Waals surface area contributed by atoms with Crippen LogP contribution >= 0.6 is 0 Å². The lowest BCUT2D eigenvalue weighted by Crippen LogP contribution is -2.28. The van der Waals surface area contributed by atoms with Crippen molar-refractivity contribution in [2.75, 3.05) is 11.1 Å². The Morgan fingerprint density at radius 2 is 1.45 bits per heavy atom. The molecule has 0 atom stereocenters. The van der Waals surface area contributed by atoms with E-state index in [9.17, 15) is 23.1 Å². The Labute approximate surface area is 221 Å². The molecule has 38 heavy (non-hydrogen) atoms.